The molecule has 1 atom stereocenters. The maximum absolute atomic E-state index is 8.57. The molecule has 1 unspecified atom stereocenters. The van der Waals surface area contributed by atoms with Crippen LogP contribution in [0.15, 0.2) is 12.1 Å². The Morgan fingerprint density at radius 1 is 1.47 bits per heavy atom. The van der Waals surface area contributed by atoms with Crippen molar-refractivity contribution in [1.82, 2.24) is 0 Å². The maximum atomic E-state index is 8.57. The van der Waals surface area contributed by atoms with Gasteiger partial charge < -0.3 is 4.74 Å². The molecule has 1 aromatic rings. The van der Waals surface area contributed by atoms with Crippen molar-refractivity contribution in [3.05, 3.63) is 28.3 Å². The largest absolute Gasteiger partial charge is 0.493 e. The van der Waals surface area contributed by atoms with Gasteiger partial charge in [-0.1, -0.05) is 25.4 Å². The molecule has 0 bridgehead atoms. The van der Waals surface area contributed by atoms with Crippen molar-refractivity contribution in [2.45, 2.75) is 39.5 Å². The number of benzene rings is 1. The molecule has 0 aliphatic heterocycles. The van der Waals surface area contributed by atoms with Gasteiger partial charge in [0.1, 0.15) is 11.2 Å². The van der Waals surface area contributed by atoms with Crippen LogP contribution in [0, 0.1) is 17.6 Å². The first-order valence-electron chi connectivity index (χ1n) is 6.53. The molecule has 0 amide bonds. The normalized spacial score (nSPS) is 11.9. The minimum atomic E-state index is 0.339. The number of nitriles is 1. The molecule has 1 aromatic carbocycles. The fourth-order valence-electron chi connectivity index (χ4n) is 1.83. The Labute approximate surface area is 125 Å². The van der Waals surface area contributed by atoms with E-state index in [1.807, 2.05) is 19.1 Å². The minimum absolute atomic E-state index is 0.339. The summed E-state index contributed by atoms with van der Waals surface area (Å²) in [7, 11) is 0. The zero-order valence-corrected chi connectivity index (χ0v) is 13.3. The molecule has 0 N–H and O–H groups in total. The zero-order chi connectivity index (χ0) is 14.3. The molecule has 1 rings (SSSR count). The number of ether oxygens (including phenoxy) is 1. The lowest BCUT2D eigenvalue weighted by atomic mass is 9.96. The fourth-order valence-corrected chi connectivity index (χ4v) is 2.56. The Kier molecular flexibility index (Phi) is 7.12. The first kappa shape index (κ1) is 16.2. The van der Waals surface area contributed by atoms with Crippen LogP contribution in [0.4, 0.5) is 0 Å². The van der Waals surface area contributed by atoms with Crippen LogP contribution in [0.25, 0.3) is 0 Å². The van der Waals surface area contributed by atoms with Gasteiger partial charge in [0.05, 0.1) is 6.61 Å². The Balaban J connectivity index is 2.89. The number of thioether (sulfide) groups is 1. The lowest BCUT2D eigenvalue weighted by Crippen LogP contribution is -2.03. The predicted molar refractivity (Wildman–Crippen MR) is 83.1 cm³/mol. The van der Waals surface area contributed by atoms with E-state index in [1.165, 1.54) is 11.8 Å². The highest BCUT2D eigenvalue weighted by molar-refractivity contribution is 8.03. The highest BCUT2D eigenvalue weighted by Gasteiger charge is 2.14. The molecular weight excluding hydrogens is 278 g/mol. The van der Waals surface area contributed by atoms with Gasteiger partial charge in [0.15, 0.2) is 0 Å². The Hall–Kier alpha value is -0.850. The summed E-state index contributed by atoms with van der Waals surface area (Å²) >= 11 is 7.51. The Bertz CT molecular complexity index is 456. The highest BCUT2D eigenvalue weighted by atomic mass is 35.5. The van der Waals surface area contributed by atoms with E-state index in [1.54, 1.807) is 0 Å². The number of rotatable bonds is 7. The molecule has 0 aliphatic rings. The average Bonchev–Trinajstić information content (AvgIpc) is 2.39. The van der Waals surface area contributed by atoms with Crippen LogP contribution in [0.5, 0.6) is 5.75 Å². The van der Waals surface area contributed by atoms with Crippen molar-refractivity contribution in [2.75, 3.05) is 12.4 Å². The smallest absolute Gasteiger partial charge is 0.133 e. The third kappa shape index (κ3) is 4.97. The van der Waals surface area contributed by atoms with E-state index in [-0.39, 0.29) is 0 Å². The highest BCUT2D eigenvalue weighted by Crippen LogP contribution is 2.34. The fraction of sp³-hybridized carbons (Fsp3) is 0.533. The van der Waals surface area contributed by atoms with Crippen molar-refractivity contribution < 1.29 is 4.74 Å². The summed E-state index contributed by atoms with van der Waals surface area (Å²) in [5.74, 6) is 2.10. The SMILES string of the molecule is CCCOc1cc(C)c(Cl)cc1C(C)CCSC#N. The number of hydrogen-bond donors (Lipinski definition) is 0. The van der Waals surface area contributed by atoms with Crippen LogP contribution in [0.2, 0.25) is 5.02 Å². The number of nitrogens with zero attached hydrogens (tertiary/aromatic N) is 1. The molecule has 0 saturated heterocycles. The van der Waals surface area contributed by atoms with Crippen LogP contribution < -0.4 is 4.74 Å². The van der Waals surface area contributed by atoms with Crippen molar-refractivity contribution in [3.8, 4) is 11.2 Å². The first-order chi connectivity index (χ1) is 9.10. The van der Waals surface area contributed by atoms with Gasteiger partial charge in [0.25, 0.3) is 0 Å². The summed E-state index contributed by atoms with van der Waals surface area (Å²) in [5.41, 5.74) is 2.18. The van der Waals surface area contributed by atoms with E-state index in [4.69, 9.17) is 21.6 Å². The van der Waals surface area contributed by atoms with Gasteiger partial charge in [0.2, 0.25) is 0 Å². The van der Waals surface area contributed by atoms with E-state index in [2.05, 4.69) is 19.2 Å². The molecule has 104 valence electrons. The molecule has 0 heterocycles. The number of thiocyanates is 1. The second-order valence-electron chi connectivity index (χ2n) is 4.62. The number of aryl methyl sites for hydroxylation is 1. The van der Waals surface area contributed by atoms with Crippen molar-refractivity contribution in [3.63, 3.8) is 0 Å². The summed E-state index contributed by atoms with van der Waals surface area (Å²) in [6, 6.07) is 4.02. The standard InChI is InChI=1S/C15H20ClNOS/c1-4-6-18-15-8-12(3)14(16)9-13(15)11(2)5-7-19-10-17/h8-9,11H,4-7H2,1-3H3. The topological polar surface area (TPSA) is 33.0 Å². The minimum Gasteiger partial charge on any atom is -0.493 e. The van der Waals surface area contributed by atoms with E-state index in [9.17, 15) is 0 Å². The van der Waals surface area contributed by atoms with Gasteiger partial charge in [-0.3, -0.25) is 0 Å². The van der Waals surface area contributed by atoms with Gasteiger partial charge in [-0.05, 0) is 60.7 Å². The van der Waals surface area contributed by atoms with Crippen LogP contribution in [0.3, 0.4) is 0 Å². The summed E-state index contributed by atoms with van der Waals surface area (Å²) in [6.45, 7) is 6.95. The quantitative estimate of drug-likeness (QED) is 0.516. The van der Waals surface area contributed by atoms with Crippen LogP contribution in [-0.4, -0.2) is 12.4 Å². The summed E-state index contributed by atoms with van der Waals surface area (Å²) in [6.07, 6.45) is 1.93. The molecule has 4 heteroatoms. The van der Waals surface area contributed by atoms with Crippen LogP contribution >= 0.6 is 23.4 Å². The molecule has 19 heavy (non-hydrogen) atoms. The van der Waals surface area contributed by atoms with Crippen molar-refractivity contribution in [1.29, 1.82) is 5.26 Å². The van der Waals surface area contributed by atoms with Gasteiger partial charge in [-0.15, -0.1) is 0 Å². The van der Waals surface area contributed by atoms with E-state index in [0.29, 0.717) is 12.5 Å². The first-order valence-corrected chi connectivity index (χ1v) is 7.90. The molecule has 0 spiro atoms. The van der Waals surface area contributed by atoms with E-state index in [0.717, 1.165) is 40.5 Å². The Morgan fingerprint density at radius 2 is 2.21 bits per heavy atom. The summed E-state index contributed by atoms with van der Waals surface area (Å²) < 4.78 is 5.82. The van der Waals surface area contributed by atoms with E-state index >= 15 is 0 Å². The molecule has 0 aliphatic carbocycles. The second kappa shape index (κ2) is 8.35. The van der Waals surface area contributed by atoms with Gasteiger partial charge in [-0.2, -0.15) is 5.26 Å². The van der Waals surface area contributed by atoms with E-state index < -0.39 is 0 Å². The van der Waals surface area contributed by atoms with Crippen LogP contribution in [0.1, 0.15) is 43.7 Å². The molecule has 2 nitrogen and oxygen atoms in total. The van der Waals surface area contributed by atoms with Gasteiger partial charge >= 0.3 is 0 Å². The molecule has 0 radical (unpaired) electrons. The summed E-state index contributed by atoms with van der Waals surface area (Å²) in [4.78, 5) is 0. The maximum Gasteiger partial charge on any atom is 0.133 e. The lowest BCUT2D eigenvalue weighted by Gasteiger charge is -2.18. The molecule has 0 aromatic heterocycles. The average molecular weight is 298 g/mol. The predicted octanol–water partition coefficient (Wildman–Crippen LogP) is 5.15. The number of hydrogen-bond acceptors (Lipinski definition) is 3. The van der Waals surface area contributed by atoms with Crippen molar-refractivity contribution in [2.24, 2.45) is 0 Å². The molecule has 0 saturated carbocycles. The second-order valence-corrected chi connectivity index (χ2v) is 5.90. The van der Waals surface area contributed by atoms with Gasteiger partial charge in [-0.25, -0.2) is 0 Å². The molecule has 0 fully saturated rings. The van der Waals surface area contributed by atoms with Gasteiger partial charge in [0, 0.05) is 10.8 Å². The Morgan fingerprint density at radius 3 is 2.84 bits per heavy atom. The molecular formula is C15H20ClNOS. The van der Waals surface area contributed by atoms with Crippen LogP contribution in [-0.2, 0) is 0 Å². The number of halogens is 1. The third-order valence-corrected chi connectivity index (χ3v) is 3.98. The van der Waals surface area contributed by atoms with Crippen molar-refractivity contribution >= 4 is 23.4 Å². The summed E-state index contributed by atoms with van der Waals surface area (Å²) in [5, 5.41) is 11.4. The lowest BCUT2D eigenvalue weighted by molar-refractivity contribution is 0.312. The zero-order valence-electron chi connectivity index (χ0n) is 11.7. The third-order valence-electron chi connectivity index (χ3n) is 3.00. The monoisotopic (exact) mass is 297 g/mol.